The van der Waals surface area contributed by atoms with E-state index in [4.69, 9.17) is 49.3 Å². The van der Waals surface area contributed by atoms with Crippen LogP contribution in [-0.2, 0) is 4.74 Å². The Labute approximate surface area is 240 Å². The second-order valence-electron chi connectivity index (χ2n) is 8.65. The molecular formula is C28H23Cl2N3O5S. The number of methoxy groups -OCH3 is 1. The summed E-state index contributed by atoms with van der Waals surface area (Å²) in [5, 5.41) is 14.1. The molecule has 0 aliphatic carbocycles. The third kappa shape index (κ3) is 5.58. The fourth-order valence-corrected chi connectivity index (χ4v) is 5.20. The first kappa shape index (κ1) is 27.0. The van der Waals surface area contributed by atoms with Gasteiger partial charge in [-0.05, 0) is 72.9 Å². The topological polar surface area (TPSA) is 97.1 Å². The summed E-state index contributed by atoms with van der Waals surface area (Å²) in [7, 11) is 1.60. The molecule has 2 aromatic heterocycles. The van der Waals surface area contributed by atoms with Gasteiger partial charge >= 0.3 is 5.97 Å². The lowest BCUT2D eigenvalue weighted by atomic mass is 10.0. The Morgan fingerprint density at radius 1 is 1.10 bits per heavy atom. The Balaban J connectivity index is 1.55. The number of pyridine rings is 1. The number of carboxylic acid groups (broad SMARTS) is 1. The minimum atomic E-state index is -1.06. The zero-order valence-corrected chi connectivity index (χ0v) is 23.0. The molecule has 0 saturated carbocycles. The van der Waals surface area contributed by atoms with E-state index in [1.165, 1.54) is 18.2 Å². The molecule has 39 heavy (non-hydrogen) atoms. The molecule has 0 radical (unpaired) electrons. The lowest BCUT2D eigenvalue weighted by Gasteiger charge is -2.26. The fourth-order valence-electron chi connectivity index (χ4n) is 4.42. The number of benzene rings is 2. The van der Waals surface area contributed by atoms with E-state index in [-0.39, 0.29) is 11.6 Å². The van der Waals surface area contributed by atoms with Crippen molar-refractivity contribution in [1.82, 2.24) is 10.3 Å². The number of aromatic carboxylic acids is 1. The summed E-state index contributed by atoms with van der Waals surface area (Å²) in [5.41, 5.74) is 2.06. The van der Waals surface area contributed by atoms with Gasteiger partial charge in [-0.15, -0.1) is 0 Å². The molecule has 0 unspecified atom stereocenters. The van der Waals surface area contributed by atoms with Crippen molar-refractivity contribution in [2.45, 2.75) is 12.1 Å². The second kappa shape index (κ2) is 11.6. The molecule has 3 heterocycles. The molecule has 4 aromatic rings. The first-order valence-corrected chi connectivity index (χ1v) is 13.1. The third-order valence-electron chi connectivity index (χ3n) is 6.23. The highest BCUT2D eigenvalue weighted by molar-refractivity contribution is 7.80. The lowest BCUT2D eigenvalue weighted by molar-refractivity contribution is 0.0697. The maximum Gasteiger partial charge on any atom is 0.335 e. The maximum atomic E-state index is 11.5. The summed E-state index contributed by atoms with van der Waals surface area (Å²) in [5.74, 6) is 0.469. The SMILES string of the molecule is COCCOc1ccc(N2C(=S)N[C@@H](c3ccccn3)[C@H]2c2ccc(-c3cc(C(=O)O)ccc3Cl)o2)cc1Cl. The number of hydrogen-bond donors (Lipinski definition) is 2. The summed E-state index contributed by atoms with van der Waals surface area (Å²) in [6.45, 7) is 0.802. The molecule has 0 spiro atoms. The zero-order valence-electron chi connectivity index (χ0n) is 20.6. The van der Waals surface area contributed by atoms with E-state index in [1.54, 1.807) is 31.5 Å². The molecule has 200 valence electrons. The van der Waals surface area contributed by atoms with Crippen LogP contribution in [0.25, 0.3) is 11.3 Å². The number of rotatable bonds is 9. The number of carboxylic acids is 1. The van der Waals surface area contributed by atoms with Gasteiger partial charge in [0.25, 0.3) is 0 Å². The number of ether oxygens (including phenoxy) is 2. The highest BCUT2D eigenvalue weighted by atomic mass is 35.5. The van der Waals surface area contributed by atoms with Crippen LogP contribution in [0.2, 0.25) is 10.0 Å². The van der Waals surface area contributed by atoms with Crippen molar-refractivity contribution in [3.8, 4) is 17.1 Å². The van der Waals surface area contributed by atoms with Crippen LogP contribution in [0.4, 0.5) is 5.69 Å². The number of thiocarbonyl (C=S) groups is 1. The van der Waals surface area contributed by atoms with Gasteiger partial charge in [0, 0.05) is 24.6 Å². The van der Waals surface area contributed by atoms with Crippen LogP contribution < -0.4 is 15.0 Å². The molecular weight excluding hydrogens is 561 g/mol. The van der Waals surface area contributed by atoms with Gasteiger partial charge in [0.2, 0.25) is 0 Å². The predicted molar refractivity (Wildman–Crippen MR) is 153 cm³/mol. The highest BCUT2D eigenvalue weighted by Crippen LogP contribution is 2.44. The van der Waals surface area contributed by atoms with Crippen molar-refractivity contribution < 1.29 is 23.8 Å². The molecule has 8 nitrogen and oxygen atoms in total. The summed E-state index contributed by atoms with van der Waals surface area (Å²) < 4.78 is 17.1. The van der Waals surface area contributed by atoms with Gasteiger partial charge in [-0.25, -0.2) is 4.79 Å². The standard InChI is InChI=1S/C28H23Cl2N3O5S/c1-36-12-13-37-23-8-6-17(15-20(23)30)33-26(25(32-28(33)39)21-4-2-3-11-31-21)24-10-9-22(38-24)18-14-16(27(34)35)5-7-19(18)29/h2-11,14-15,25-26H,12-13H2,1H3,(H,32,39)(H,34,35)/t25-,26+/m0/s1. The van der Waals surface area contributed by atoms with E-state index in [9.17, 15) is 9.90 Å². The number of aromatic nitrogens is 1. The van der Waals surface area contributed by atoms with Crippen molar-refractivity contribution in [2.24, 2.45) is 0 Å². The minimum Gasteiger partial charge on any atom is -0.490 e. The predicted octanol–water partition coefficient (Wildman–Crippen LogP) is 6.55. The lowest BCUT2D eigenvalue weighted by Crippen LogP contribution is -2.29. The number of nitrogens with zero attached hydrogens (tertiary/aromatic N) is 2. The van der Waals surface area contributed by atoms with Gasteiger partial charge in [0.05, 0.1) is 34.0 Å². The Morgan fingerprint density at radius 2 is 1.95 bits per heavy atom. The van der Waals surface area contributed by atoms with E-state index in [0.29, 0.717) is 51.2 Å². The molecule has 1 saturated heterocycles. The van der Waals surface area contributed by atoms with E-state index < -0.39 is 12.0 Å². The number of furan rings is 1. The quantitative estimate of drug-likeness (QED) is 0.168. The summed E-state index contributed by atoms with van der Waals surface area (Å²) >= 11 is 18.8. The van der Waals surface area contributed by atoms with Gasteiger partial charge in [0.1, 0.15) is 29.9 Å². The number of nitrogens with one attached hydrogen (secondary N) is 1. The molecule has 0 amide bonds. The van der Waals surface area contributed by atoms with Crippen molar-refractivity contribution >= 4 is 52.2 Å². The summed E-state index contributed by atoms with van der Waals surface area (Å²) in [6, 6.07) is 18.3. The van der Waals surface area contributed by atoms with Crippen molar-refractivity contribution in [3.63, 3.8) is 0 Å². The molecule has 5 rings (SSSR count). The number of carbonyl (C=O) groups is 1. The van der Waals surface area contributed by atoms with Crippen LogP contribution in [0.15, 0.2) is 77.3 Å². The second-order valence-corrected chi connectivity index (χ2v) is 9.86. The van der Waals surface area contributed by atoms with Gasteiger partial charge in [-0.2, -0.15) is 0 Å². The highest BCUT2D eigenvalue weighted by Gasteiger charge is 2.42. The van der Waals surface area contributed by atoms with E-state index in [1.807, 2.05) is 35.2 Å². The number of anilines is 1. The van der Waals surface area contributed by atoms with E-state index in [0.717, 1.165) is 11.4 Å². The Kier molecular flexibility index (Phi) is 8.04. The first-order chi connectivity index (χ1) is 18.9. The molecule has 11 heteroatoms. The normalized spacial score (nSPS) is 16.8. The van der Waals surface area contributed by atoms with Crippen LogP contribution in [0.3, 0.4) is 0 Å². The van der Waals surface area contributed by atoms with Crippen molar-refractivity contribution in [2.75, 3.05) is 25.2 Å². The molecule has 2 aromatic carbocycles. The molecule has 1 aliphatic heterocycles. The van der Waals surface area contributed by atoms with Crippen LogP contribution in [0.1, 0.15) is 33.9 Å². The van der Waals surface area contributed by atoms with E-state index in [2.05, 4.69) is 10.3 Å². The Morgan fingerprint density at radius 3 is 2.67 bits per heavy atom. The van der Waals surface area contributed by atoms with Gasteiger partial charge in [-0.1, -0.05) is 29.3 Å². The summed E-state index contributed by atoms with van der Waals surface area (Å²) in [4.78, 5) is 18.0. The minimum absolute atomic E-state index is 0.103. The molecule has 1 fully saturated rings. The van der Waals surface area contributed by atoms with Crippen LogP contribution >= 0.6 is 35.4 Å². The smallest absolute Gasteiger partial charge is 0.335 e. The van der Waals surface area contributed by atoms with Crippen molar-refractivity contribution in [3.05, 3.63) is 100.0 Å². The first-order valence-electron chi connectivity index (χ1n) is 11.9. The summed E-state index contributed by atoms with van der Waals surface area (Å²) in [6.07, 6.45) is 1.72. The van der Waals surface area contributed by atoms with Gasteiger partial charge in [0.15, 0.2) is 5.11 Å². The number of hydrogen-bond acceptors (Lipinski definition) is 6. The van der Waals surface area contributed by atoms with Crippen molar-refractivity contribution in [1.29, 1.82) is 0 Å². The van der Waals surface area contributed by atoms with Crippen LogP contribution in [0.5, 0.6) is 5.75 Å². The number of halogens is 2. The van der Waals surface area contributed by atoms with Crippen LogP contribution in [-0.4, -0.2) is 41.5 Å². The third-order valence-corrected chi connectivity index (χ3v) is 7.17. The molecule has 0 bridgehead atoms. The average Bonchev–Trinajstić information content (AvgIpc) is 3.55. The average molecular weight is 584 g/mol. The monoisotopic (exact) mass is 583 g/mol. The zero-order chi connectivity index (χ0) is 27.5. The molecule has 2 N–H and O–H groups in total. The maximum absolute atomic E-state index is 11.5. The Hall–Kier alpha value is -3.63. The van der Waals surface area contributed by atoms with Crippen LogP contribution in [0, 0.1) is 0 Å². The largest absolute Gasteiger partial charge is 0.490 e. The Bertz CT molecular complexity index is 1510. The molecule has 1 aliphatic rings. The fraction of sp³-hybridized carbons (Fsp3) is 0.179. The van der Waals surface area contributed by atoms with E-state index >= 15 is 0 Å². The van der Waals surface area contributed by atoms with Gasteiger partial charge in [-0.3, -0.25) is 4.98 Å². The van der Waals surface area contributed by atoms with Gasteiger partial charge < -0.3 is 29.2 Å². The molecule has 2 atom stereocenters.